The molecule has 1 unspecified atom stereocenters. The summed E-state index contributed by atoms with van der Waals surface area (Å²) in [5, 5.41) is 1.01. The minimum atomic E-state index is -0.552. The molecule has 0 aliphatic carbocycles. The molecule has 7 heteroatoms. The van der Waals surface area contributed by atoms with Crippen molar-refractivity contribution >= 4 is 40.8 Å². The van der Waals surface area contributed by atoms with Gasteiger partial charge in [0.05, 0.1) is 22.8 Å². The molecule has 1 heterocycles. The second-order valence-electron chi connectivity index (χ2n) is 7.28. The lowest BCUT2D eigenvalue weighted by molar-refractivity contribution is -0.119. The molecule has 3 aromatic carbocycles. The van der Waals surface area contributed by atoms with Crippen LogP contribution in [0.5, 0.6) is 5.75 Å². The van der Waals surface area contributed by atoms with E-state index in [1.165, 1.54) is 4.90 Å². The van der Waals surface area contributed by atoms with Crippen LogP contribution in [0, 0.1) is 0 Å². The maximum Gasteiger partial charge on any atom is 0.332 e. The summed E-state index contributed by atoms with van der Waals surface area (Å²) in [5.74, 6) is 0.414. The van der Waals surface area contributed by atoms with Crippen molar-refractivity contribution < 1.29 is 14.3 Å². The molecule has 3 amide bonds. The van der Waals surface area contributed by atoms with Crippen LogP contribution in [0.1, 0.15) is 12.5 Å². The van der Waals surface area contributed by atoms with Crippen molar-refractivity contribution in [3.63, 3.8) is 0 Å². The first-order valence-corrected chi connectivity index (χ1v) is 10.5. The van der Waals surface area contributed by atoms with E-state index >= 15 is 0 Å². The Balaban J connectivity index is 1.52. The highest BCUT2D eigenvalue weighted by atomic mass is 35.5. The summed E-state index contributed by atoms with van der Waals surface area (Å²) in [7, 11) is 1.57. The molecule has 0 bridgehead atoms. The molecule has 0 aromatic heterocycles. The lowest BCUT2D eigenvalue weighted by Crippen LogP contribution is -2.33. The van der Waals surface area contributed by atoms with Crippen LogP contribution in [-0.2, 0) is 11.3 Å². The zero-order chi connectivity index (χ0) is 22.1. The van der Waals surface area contributed by atoms with Crippen molar-refractivity contribution in [2.45, 2.75) is 19.5 Å². The molecule has 0 radical (unpaired) electrons. The fourth-order valence-electron chi connectivity index (χ4n) is 3.56. The molecule has 3 aromatic rings. The van der Waals surface area contributed by atoms with Crippen molar-refractivity contribution in [2.24, 2.45) is 0 Å². The topological polar surface area (TPSA) is 49.9 Å². The molecule has 0 saturated carbocycles. The maximum absolute atomic E-state index is 13.0. The van der Waals surface area contributed by atoms with Gasteiger partial charge < -0.3 is 9.64 Å². The number of imide groups is 1. The summed E-state index contributed by atoms with van der Waals surface area (Å²) < 4.78 is 5.15. The van der Waals surface area contributed by atoms with E-state index in [1.807, 2.05) is 36.4 Å². The van der Waals surface area contributed by atoms with Crippen molar-refractivity contribution in [3.8, 4) is 16.9 Å². The van der Waals surface area contributed by atoms with Crippen LogP contribution in [0.3, 0.4) is 0 Å². The van der Waals surface area contributed by atoms with Gasteiger partial charge in [-0.3, -0.25) is 4.79 Å². The molecule has 0 spiro atoms. The van der Waals surface area contributed by atoms with E-state index < -0.39 is 6.04 Å². The average Bonchev–Trinajstić information content (AvgIpc) is 2.99. The molecule has 1 aliphatic heterocycles. The number of nitrogens with zero attached hydrogens (tertiary/aromatic N) is 2. The standard InChI is InChI=1S/C24H20Cl2N2O3/c1-15-23(29)28(19-8-10-20(31-2)11-9-19)24(30)27(15)14-16-3-5-17(6-4-16)18-7-12-21(25)22(26)13-18/h3-13,15H,14H2,1-2H3. The van der Waals surface area contributed by atoms with E-state index in [9.17, 15) is 9.59 Å². The Hall–Kier alpha value is -3.02. The number of carbonyl (C=O) groups is 2. The zero-order valence-corrected chi connectivity index (χ0v) is 18.5. The second-order valence-corrected chi connectivity index (χ2v) is 8.10. The molecular formula is C24H20Cl2N2O3. The summed E-state index contributed by atoms with van der Waals surface area (Å²) in [6.45, 7) is 2.08. The Kier molecular flexibility index (Phi) is 5.90. The van der Waals surface area contributed by atoms with E-state index in [4.69, 9.17) is 27.9 Å². The Labute approximate surface area is 190 Å². The first kappa shape index (κ1) is 21.2. The first-order valence-electron chi connectivity index (χ1n) is 9.72. The van der Waals surface area contributed by atoms with Gasteiger partial charge in [0, 0.05) is 6.54 Å². The predicted octanol–water partition coefficient (Wildman–Crippen LogP) is 6.03. The lowest BCUT2D eigenvalue weighted by atomic mass is 10.0. The van der Waals surface area contributed by atoms with E-state index in [-0.39, 0.29) is 11.9 Å². The third-order valence-corrected chi connectivity index (χ3v) is 6.11. The number of rotatable bonds is 5. The SMILES string of the molecule is COc1ccc(N2C(=O)C(C)N(Cc3ccc(-c4ccc(Cl)c(Cl)c4)cc3)C2=O)cc1. The number of anilines is 1. The molecule has 5 nitrogen and oxygen atoms in total. The maximum atomic E-state index is 13.0. The van der Waals surface area contributed by atoms with Gasteiger partial charge in [-0.05, 0) is 60.0 Å². The smallest absolute Gasteiger partial charge is 0.332 e. The van der Waals surface area contributed by atoms with Gasteiger partial charge in [-0.15, -0.1) is 0 Å². The van der Waals surface area contributed by atoms with Crippen LogP contribution in [-0.4, -0.2) is 30.0 Å². The van der Waals surface area contributed by atoms with Crippen molar-refractivity contribution in [1.29, 1.82) is 0 Å². The second kappa shape index (κ2) is 8.61. The number of ether oxygens (including phenoxy) is 1. The van der Waals surface area contributed by atoms with E-state index in [2.05, 4.69) is 0 Å². The molecule has 1 atom stereocenters. The summed E-state index contributed by atoms with van der Waals surface area (Å²) in [4.78, 5) is 28.6. The normalized spacial score (nSPS) is 16.2. The molecule has 1 saturated heterocycles. The van der Waals surface area contributed by atoms with E-state index in [0.29, 0.717) is 28.0 Å². The van der Waals surface area contributed by atoms with Gasteiger partial charge in [-0.1, -0.05) is 53.5 Å². The summed E-state index contributed by atoms with van der Waals surface area (Å²) in [5.41, 5.74) is 3.39. The Morgan fingerprint density at radius 1 is 0.871 bits per heavy atom. The quantitative estimate of drug-likeness (QED) is 0.442. The van der Waals surface area contributed by atoms with Crippen LogP contribution in [0.25, 0.3) is 11.1 Å². The average molecular weight is 455 g/mol. The number of hydrogen-bond acceptors (Lipinski definition) is 3. The van der Waals surface area contributed by atoms with Gasteiger partial charge in [0.25, 0.3) is 5.91 Å². The highest BCUT2D eigenvalue weighted by molar-refractivity contribution is 6.42. The van der Waals surface area contributed by atoms with Gasteiger partial charge in [0.1, 0.15) is 11.8 Å². The highest BCUT2D eigenvalue weighted by Gasteiger charge is 2.43. The molecule has 1 aliphatic rings. The van der Waals surface area contributed by atoms with Gasteiger partial charge in [-0.2, -0.15) is 0 Å². The lowest BCUT2D eigenvalue weighted by Gasteiger charge is -2.19. The molecular weight excluding hydrogens is 435 g/mol. The Morgan fingerprint density at radius 2 is 1.52 bits per heavy atom. The molecule has 1 fully saturated rings. The largest absolute Gasteiger partial charge is 0.497 e. The van der Waals surface area contributed by atoms with Gasteiger partial charge in [-0.25, -0.2) is 9.69 Å². The number of amides is 3. The van der Waals surface area contributed by atoms with Crippen molar-refractivity contribution in [1.82, 2.24) is 4.90 Å². The van der Waals surface area contributed by atoms with Gasteiger partial charge in [0.2, 0.25) is 0 Å². The number of benzene rings is 3. The fraction of sp³-hybridized carbons (Fsp3) is 0.167. The van der Waals surface area contributed by atoms with Crippen LogP contribution >= 0.6 is 23.2 Å². The molecule has 31 heavy (non-hydrogen) atoms. The van der Waals surface area contributed by atoms with Crippen LogP contribution in [0.2, 0.25) is 10.0 Å². The summed E-state index contributed by atoms with van der Waals surface area (Å²) >= 11 is 12.1. The van der Waals surface area contributed by atoms with Crippen LogP contribution in [0.4, 0.5) is 10.5 Å². The monoisotopic (exact) mass is 454 g/mol. The molecule has 4 rings (SSSR count). The van der Waals surface area contributed by atoms with E-state index in [1.54, 1.807) is 49.3 Å². The highest BCUT2D eigenvalue weighted by Crippen LogP contribution is 2.30. The van der Waals surface area contributed by atoms with E-state index in [0.717, 1.165) is 16.7 Å². The third kappa shape index (κ3) is 4.11. The minimum Gasteiger partial charge on any atom is -0.497 e. The number of urea groups is 1. The zero-order valence-electron chi connectivity index (χ0n) is 17.0. The number of carbonyl (C=O) groups excluding carboxylic acids is 2. The minimum absolute atomic E-state index is 0.248. The number of methoxy groups -OCH3 is 1. The summed E-state index contributed by atoms with van der Waals surface area (Å²) in [6, 6.07) is 19.3. The third-order valence-electron chi connectivity index (χ3n) is 5.37. The Bertz CT molecular complexity index is 1130. The van der Waals surface area contributed by atoms with Crippen molar-refractivity contribution in [2.75, 3.05) is 12.0 Å². The number of halogens is 2. The number of hydrogen-bond donors (Lipinski definition) is 0. The van der Waals surface area contributed by atoms with Crippen LogP contribution in [0.15, 0.2) is 66.7 Å². The molecule has 158 valence electrons. The van der Waals surface area contributed by atoms with Crippen molar-refractivity contribution in [3.05, 3.63) is 82.3 Å². The van der Waals surface area contributed by atoms with Gasteiger partial charge >= 0.3 is 6.03 Å². The molecule has 0 N–H and O–H groups in total. The predicted molar refractivity (Wildman–Crippen MR) is 123 cm³/mol. The fourth-order valence-corrected chi connectivity index (χ4v) is 3.86. The first-order chi connectivity index (χ1) is 14.9. The van der Waals surface area contributed by atoms with Crippen LogP contribution < -0.4 is 9.64 Å². The Morgan fingerprint density at radius 3 is 2.13 bits per heavy atom. The van der Waals surface area contributed by atoms with Gasteiger partial charge in [0.15, 0.2) is 0 Å². The summed E-state index contributed by atoms with van der Waals surface area (Å²) in [6.07, 6.45) is 0.